The summed E-state index contributed by atoms with van der Waals surface area (Å²) in [6.45, 7) is 2.93. The molecule has 1 aromatic heterocycles. The van der Waals surface area contributed by atoms with Gasteiger partial charge in [0, 0.05) is 51.6 Å². The number of likely N-dealkylation sites (tertiary alicyclic amines) is 1. The summed E-state index contributed by atoms with van der Waals surface area (Å²) in [5, 5.41) is 0. The molecule has 0 bridgehead atoms. The van der Waals surface area contributed by atoms with Crippen LogP contribution in [0.4, 0.5) is 0 Å². The molecule has 1 atom stereocenters. The molecule has 5 heteroatoms. The second kappa shape index (κ2) is 7.39. The first-order chi connectivity index (χ1) is 13.0. The second-order valence-corrected chi connectivity index (χ2v) is 8.12. The van der Waals surface area contributed by atoms with Gasteiger partial charge in [-0.1, -0.05) is 18.2 Å². The number of hydrogen-bond donors (Lipinski definition) is 0. The summed E-state index contributed by atoms with van der Waals surface area (Å²) in [4.78, 5) is 16.5. The average Bonchev–Trinajstić information content (AvgIpc) is 3.17. The highest BCUT2D eigenvalue weighted by Crippen LogP contribution is 2.46. The van der Waals surface area contributed by atoms with Crippen LogP contribution in [-0.2, 0) is 11.3 Å². The molecule has 1 spiro atoms. The fourth-order valence-electron chi connectivity index (χ4n) is 4.39. The number of furan rings is 1. The van der Waals surface area contributed by atoms with E-state index < -0.39 is 0 Å². The van der Waals surface area contributed by atoms with Crippen molar-refractivity contribution in [2.24, 2.45) is 0 Å². The van der Waals surface area contributed by atoms with Gasteiger partial charge in [-0.05, 0) is 37.0 Å². The van der Waals surface area contributed by atoms with Crippen molar-refractivity contribution in [3.8, 4) is 5.75 Å². The lowest BCUT2D eigenvalue weighted by atomic mass is 9.76. The van der Waals surface area contributed by atoms with E-state index in [0.29, 0.717) is 6.42 Å². The SMILES string of the molecule is CN(C)C(=O)CC1CC2(CCN(Cc3ccoc3)CC2)Oc2ccccc21. The maximum Gasteiger partial charge on any atom is 0.222 e. The van der Waals surface area contributed by atoms with Crippen LogP contribution in [0.15, 0.2) is 47.3 Å². The molecule has 144 valence electrons. The van der Waals surface area contributed by atoms with Crippen LogP contribution in [0.3, 0.4) is 0 Å². The van der Waals surface area contributed by atoms with Gasteiger partial charge in [0.25, 0.3) is 0 Å². The number of carbonyl (C=O) groups excluding carboxylic acids is 1. The molecule has 0 radical (unpaired) electrons. The summed E-state index contributed by atoms with van der Waals surface area (Å²) in [6.07, 6.45) is 7.00. The van der Waals surface area contributed by atoms with Gasteiger partial charge in [-0.15, -0.1) is 0 Å². The van der Waals surface area contributed by atoms with Crippen LogP contribution in [0.2, 0.25) is 0 Å². The second-order valence-electron chi connectivity index (χ2n) is 8.12. The van der Waals surface area contributed by atoms with Crippen molar-refractivity contribution in [1.29, 1.82) is 0 Å². The Morgan fingerprint density at radius 1 is 1.22 bits per heavy atom. The lowest BCUT2D eigenvalue weighted by molar-refractivity contribution is -0.129. The zero-order valence-electron chi connectivity index (χ0n) is 16.2. The third-order valence-electron chi connectivity index (χ3n) is 5.98. The molecular weight excluding hydrogens is 340 g/mol. The lowest BCUT2D eigenvalue weighted by Crippen LogP contribution is -2.50. The van der Waals surface area contributed by atoms with E-state index in [4.69, 9.17) is 9.15 Å². The molecule has 1 fully saturated rings. The largest absolute Gasteiger partial charge is 0.487 e. The Kier molecular flexibility index (Phi) is 4.96. The van der Waals surface area contributed by atoms with Gasteiger partial charge < -0.3 is 14.1 Å². The van der Waals surface area contributed by atoms with E-state index in [2.05, 4.69) is 17.0 Å². The molecular formula is C22H28N2O3. The highest BCUT2D eigenvalue weighted by Gasteiger charge is 2.43. The van der Waals surface area contributed by atoms with Gasteiger partial charge in [0.15, 0.2) is 0 Å². The van der Waals surface area contributed by atoms with Crippen LogP contribution in [-0.4, -0.2) is 48.5 Å². The number of fused-ring (bicyclic) bond motifs is 1. The van der Waals surface area contributed by atoms with Crippen LogP contribution in [0, 0.1) is 0 Å². The molecule has 1 unspecified atom stereocenters. The standard InChI is InChI=1S/C22H28N2O3/c1-23(2)21(25)13-18-14-22(27-20-6-4-3-5-19(18)20)8-10-24(11-9-22)15-17-7-12-26-16-17/h3-7,12,16,18H,8-11,13-15H2,1-2H3. The predicted octanol–water partition coefficient (Wildman–Crippen LogP) is 3.66. The quantitative estimate of drug-likeness (QED) is 0.826. The highest BCUT2D eigenvalue weighted by atomic mass is 16.5. The molecule has 3 heterocycles. The summed E-state index contributed by atoms with van der Waals surface area (Å²) in [6, 6.07) is 10.3. The Morgan fingerprint density at radius 2 is 2.00 bits per heavy atom. The average molecular weight is 368 g/mol. The van der Waals surface area contributed by atoms with Gasteiger partial charge in [0.1, 0.15) is 11.4 Å². The van der Waals surface area contributed by atoms with Gasteiger partial charge in [0.05, 0.1) is 12.5 Å². The highest BCUT2D eigenvalue weighted by molar-refractivity contribution is 5.76. The first-order valence-electron chi connectivity index (χ1n) is 9.76. The van der Waals surface area contributed by atoms with Gasteiger partial charge in [-0.3, -0.25) is 9.69 Å². The number of carbonyl (C=O) groups is 1. The first kappa shape index (κ1) is 18.1. The molecule has 27 heavy (non-hydrogen) atoms. The minimum atomic E-state index is -0.154. The maximum atomic E-state index is 12.4. The Hall–Kier alpha value is -2.27. The Labute approximate surface area is 160 Å². The number of piperidine rings is 1. The number of nitrogens with zero attached hydrogens (tertiary/aromatic N) is 2. The molecule has 0 saturated carbocycles. The normalized spacial score (nSPS) is 21.5. The van der Waals surface area contributed by atoms with Gasteiger partial charge in [-0.25, -0.2) is 0 Å². The van der Waals surface area contributed by atoms with Crippen molar-refractivity contribution in [1.82, 2.24) is 9.80 Å². The molecule has 4 rings (SSSR count). The van der Waals surface area contributed by atoms with Gasteiger partial charge >= 0.3 is 0 Å². The molecule has 5 nitrogen and oxygen atoms in total. The van der Waals surface area contributed by atoms with Gasteiger partial charge in [-0.2, -0.15) is 0 Å². The molecule has 1 amide bonds. The fourth-order valence-corrected chi connectivity index (χ4v) is 4.39. The molecule has 2 aliphatic rings. The number of benzene rings is 1. The first-order valence-corrected chi connectivity index (χ1v) is 9.76. The predicted molar refractivity (Wildman–Crippen MR) is 104 cm³/mol. The summed E-state index contributed by atoms with van der Waals surface area (Å²) in [5.41, 5.74) is 2.24. The van der Waals surface area contributed by atoms with Crippen LogP contribution in [0.1, 0.15) is 42.7 Å². The van der Waals surface area contributed by atoms with E-state index in [1.54, 1.807) is 11.2 Å². The van der Waals surface area contributed by atoms with E-state index in [1.165, 1.54) is 11.1 Å². The number of para-hydroxylation sites is 1. The zero-order chi connectivity index (χ0) is 18.9. The molecule has 0 N–H and O–H groups in total. The minimum absolute atomic E-state index is 0.154. The fraction of sp³-hybridized carbons (Fsp3) is 0.500. The van der Waals surface area contributed by atoms with E-state index in [9.17, 15) is 4.79 Å². The zero-order valence-corrected chi connectivity index (χ0v) is 16.2. The summed E-state index contributed by atoms with van der Waals surface area (Å²) >= 11 is 0. The van der Waals surface area contributed by atoms with Crippen LogP contribution >= 0.6 is 0 Å². The van der Waals surface area contributed by atoms with Crippen molar-refractivity contribution in [2.45, 2.75) is 43.7 Å². The minimum Gasteiger partial charge on any atom is -0.487 e. The Morgan fingerprint density at radius 3 is 2.70 bits per heavy atom. The Balaban J connectivity index is 1.48. The molecule has 2 aromatic rings. The molecule has 1 saturated heterocycles. The van der Waals surface area contributed by atoms with Crippen molar-refractivity contribution >= 4 is 5.91 Å². The maximum absolute atomic E-state index is 12.4. The number of ether oxygens (including phenoxy) is 1. The Bertz CT molecular complexity index is 777. The van der Waals surface area contributed by atoms with Crippen molar-refractivity contribution in [3.63, 3.8) is 0 Å². The topological polar surface area (TPSA) is 45.9 Å². The van der Waals surface area contributed by atoms with Crippen LogP contribution < -0.4 is 4.74 Å². The summed E-state index contributed by atoms with van der Waals surface area (Å²) < 4.78 is 11.7. The summed E-state index contributed by atoms with van der Waals surface area (Å²) in [5.74, 6) is 1.37. The molecule has 2 aliphatic heterocycles. The van der Waals surface area contributed by atoms with E-state index in [1.807, 2.05) is 38.6 Å². The number of amides is 1. The summed E-state index contributed by atoms with van der Waals surface area (Å²) in [7, 11) is 3.66. The van der Waals surface area contributed by atoms with E-state index in [-0.39, 0.29) is 17.4 Å². The monoisotopic (exact) mass is 368 g/mol. The molecule has 1 aromatic carbocycles. The smallest absolute Gasteiger partial charge is 0.222 e. The molecule has 0 aliphatic carbocycles. The van der Waals surface area contributed by atoms with Crippen molar-refractivity contribution < 1.29 is 13.9 Å². The van der Waals surface area contributed by atoms with E-state index >= 15 is 0 Å². The third-order valence-corrected chi connectivity index (χ3v) is 5.98. The van der Waals surface area contributed by atoms with Crippen molar-refractivity contribution in [2.75, 3.05) is 27.2 Å². The van der Waals surface area contributed by atoms with Gasteiger partial charge in [0.2, 0.25) is 5.91 Å². The van der Waals surface area contributed by atoms with Crippen LogP contribution in [0.5, 0.6) is 5.75 Å². The van der Waals surface area contributed by atoms with Crippen LogP contribution in [0.25, 0.3) is 0 Å². The number of hydrogen-bond acceptors (Lipinski definition) is 4. The lowest BCUT2D eigenvalue weighted by Gasteiger charge is -2.47. The van der Waals surface area contributed by atoms with E-state index in [0.717, 1.165) is 44.6 Å². The third kappa shape index (κ3) is 3.88. The van der Waals surface area contributed by atoms with Crippen molar-refractivity contribution in [3.05, 3.63) is 54.0 Å². The number of rotatable bonds is 4.